The van der Waals surface area contributed by atoms with Gasteiger partial charge in [0.15, 0.2) is 0 Å². The third kappa shape index (κ3) is 3.30. The van der Waals surface area contributed by atoms with Crippen molar-refractivity contribution in [2.24, 2.45) is 0 Å². The van der Waals surface area contributed by atoms with Crippen LogP contribution in [0.1, 0.15) is 19.3 Å². The van der Waals surface area contributed by atoms with Crippen molar-refractivity contribution in [3.63, 3.8) is 0 Å². The normalized spacial score (nSPS) is 25.4. The Labute approximate surface area is 120 Å². The first-order valence-electron chi connectivity index (χ1n) is 7.78. The number of nitrogens with one attached hydrogen (secondary N) is 1. The first-order chi connectivity index (χ1) is 9.83. The Balaban J connectivity index is 1.54. The van der Waals surface area contributed by atoms with Gasteiger partial charge >= 0.3 is 0 Å². The molecule has 2 aliphatic heterocycles. The van der Waals surface area contributed by atoms with Crippen LogP contribution in [0.15, 0.2) is 24.3 Å². The maximum Gasteiger partial charge on any atom is 0.123 e. The second-order valence-electron chi connectivity index (χ2n) is 5.85. The van der Waals surface area contributed by atoms with Crippen molar-refractivity contribution in [2.75, 3.05) is 44.2 Å². The van der Waals surface area contributed by atoms with E-state index in [1.165, 1.54) is 25.8 Å². The number of piperazine rings is 1. The first-order valence-corrected chi connectivity index (χ1v) is 7.78. The van der Waals surface area contributed by atoms with Crippen LogP contribution >= 0.6 is 0 Å². The Morgan fingerprint density at radius 2 is 1.75 bits per heavy atom. The quantitative estimate of drug-likeness (QED) is 0.893. The van der Waals surface area contributed by atoms with Gasteiger partial charge in [-0.15, -0.1) is 0 Å². The number of halogens is 1. The molecule has 0 saturated carbocycles. The monoisotopic (exact) mass is 277 g/mol. The van der Waals surface area contributed by atoms with E-state index in [1.807, 2.05) is 12.1 Å². The van der Waals surface area contributed by atoms with Crippen molar-refractivity contribution in [3.8, 4) is 0 Å². The molecule has 0 radical (unpaired) electrons. The molecule has 0 spiro atoms. The summed E-state index contributed by atoms with van der Waals surface area (Å²) in [5, 5.41) is 3.55. The van der Waals surface area contributed by atoms with Gasteiger partial charge in [-0.25, -0.2) is 4.39 Å². The van der Waals surface area contributed by atoms with Crippen LogP contribution in [0.5, 0.6) is 0 Å². The highest BCUT2D eigenvalue weighted by Gasteiger charge is 2.24. The van der Waals surface area contributed by atoms with Crippen LogP contribution in [0.25, 0.3) is 0 Å². The van der Waals surface area contributed by atoms with E-state index >= 15 is 0 Å². The van der Waals surface area contributed by atoms with Crippen LogP contribution in [0.3, 0.4) is 0 Å². The Morgan fingerprint density at radius 1 is 1.00 bits per heavy atom. The third-order valence-electron chi connectivity index (χ3n) is 4.54. The minimum atomic E-state index is -0.156. The highest BCUT2D eigenvalue weighted by Crippen LogP contribution is 2.19. The van der Waals surface area contributed by atoms with Gasteiger partial charge in [-0.05, 0) is 43.7 Å². The molecular weight excluding hydrogens is 253 g/mol. The van der Waals surface area contributed by atoms with E-state index in [4.69, 9.17) is 0 Å². The van der Waals surface area contributed by atoms with Gasteiger partial charge in [0.2, 0.25) is 0 Å². The topological polar surface area (TPSA) is 18.5 Å². The summed E-state index contributed by atoms with van der Waals surface area (Å²) in [4.78, 5) is 4.98. The Hall–Kier alpha value is -1.13. The molecule has 0 aromatic heterocycles. The molecule has 20 heavy (non-hydrogen) atoms. The maximum atomic E-state index is 13.0. The van der Waals surface area contributed by atoms with Gasteiger partial charge in [0.25, 0.3) is 0 Å². The lowest BCUT2D eigenvalue weighted by Gasteiger charge is -2.40. The van der Waals surface area contributed by atoms with Gasteiger partial charge in [-0.3, -0.25) is 4.90 Å². The van der Waals surface area contributed by atoms with E-state index in [-0.39, 0.29) is 5.82 Å². The number of rotatable bonds is 2. The average molecular weight is 277 g/mol. The highest BCUT2D eigenvalue weighted by atomic mass is 19.1. The van der Waals surface area contributed by atoms with Crippen molar-refractivity contribution >= 4 is 5.69 Å². The molecule has 2 saturated heterocycles. The van der Waals surface area contributed by atoms with Crippen LogP contribution in [0, 0.1) is 5.82 Å². The Morgan fingerprint density at radius 3 is 2.50 bits per heavy atom. The van der Waals surface area contributed by atoms with Gasteiger partial charge in [0.05, 0.1) is 0 Å². The molecule has 110 valence electrons. The molecule has 2 aliphatic rings. The molecule has 3 rings (SSSR count). The molecule has 1 unspecified atom stereocenters. The summed E-state index contributed by atoms with van der Waals surface area (Å²) in [6, 6.07) is 7.58. The van der Waals surface area contributed by atoms with E-state index in [0.717, 1.165) is 38.4 Å². The number of benzene rings is 1. The predicted molar refractivity (Wildman–Crippen MR) is 80.7 cm³/mol. The molecule has 2 heterocycles. The summed E-state index contributed by atoms with van der Waals surface area (Å²) in [6.07, 6.45) is 3.98. The zero-order valence-electron chi connectivity index (χ0n) is 12.0. The van der Waals surface area contributed by atoms with Gasteiger partial charge in [0.1, 0.15) is 5.82 Å². The van der Waals surface area contributed by atoms with Crippen molar-refractivity contribution in [2.45, 2.75) is 25.3 Å². The second kappa shape index (κ2) is 6.55. The molecule has 1 aromatic carbocycles. The van der Waals surface area contributed by atoms with Crippen LogP contribution in [0.2, 0.25) is 0 Å². The van der Waals surface area contributed by atoms with Crippen LogP contribution in [0.4, 0.5) is 10.1 Å². The molecule has 0 amide bonds. The van der Waals surface area contributed by atoms with E-state index in [2.05, 4.69) is 15.1 Å². The fourth-order valence-electron chi connectivity index (χ4n) is 3.31. The van der Waals surface area contributed by atoms with Gasteiger partial charge < -0.3 is 10.2 Å². The van der Waals surface area contributed by atoms with E-state index < -0.39 is 0 Å². The summed E-state index contributed by atoms with van der Waals surface area (Å²) in [5.74, 6) is -0.156. The third-order valence-corrected chi connectivity index (χ3v) is 4.54. The lowest BCUT2D eigenvalue weighted by atomic mass is 10.1. The molecular formula is C16H24FN3. The molecule has 0 bridgehead atoms. The predicted octanol–water partition coefficient (Wildman–Crippen LogP) is 2.09. The highest BCUT2D eigenvalue weighted by molar-refractivity contribution is 5.46. The maximum absolute atomic E-state index is 13.0. The summed E-state index contributed by atoms with van der Waals surface area (Å²) in [6.45, 7) is 6.63. The standard InChI is InChI=1S/C16H24FN3/c17-14-4-6-15(7-5-14)19-9-11-20(12-10-19)16-3-1-2-8-18-13-16/h4-7,16,18H,1-3,8-13H2. The summed E-state index contributed by atoms with van der Waals surface area (Å²) >= 11 is 0. The minimum absolute atomic E-state index is 0.156. The molecule has 4 heteroatoms. The average Bonchev–Trinajstić information content (AvgIpc) is 2.77. The SMILES string of the molecule is Fc1ccc(N2CCN(C3CCCCNC3)CC2)cc1. The molecule has 2 fully saturated rings. The fourth-order valence-corrected chi connectivity index (χ4v) is 3.31. The van der Waals surface area contributed by atoms with E-state index in [9.17, 15) is 4.39 Å². The first kappa shape index (κ1) is 13.8. The largest absolute Gasteiger partial charge is 0.369 e. The summed E-state index contributed by atoms with van der Waals surface area (Å²) < 4.78 is 13.0. The number of anilines is 1. The summed E-state index contributed by atoms with van der Waals surface area (Å²) in [7, 11) is 0. The lowest BCUT2D eigenvalue weighted by Crippen LogP contribution is -2.52. The van der Waals surface area contributed by atoms with Crippen molar-refractivity contribution in [1.29, 1.82) is 0 Å². The number of nitrogens with zero attached hydrogens (tertiary/aromatic N) is 2. The Bertz CT molecular complexity index is 404. The van der Waals surface area contributed by atoms with Gasteiger partial charge in [0, 0.05) is 44.5 Å². The molecule has 3 nitrogen and oxygen atoms in total. The van der Waals surface area contributed by atoms with Crippen LogP contribution < -0.4 is 10.2 Å². The van der Waals surface area contributed by atoms with Crippen molar-refractivity contribution < 1.29 is 4.39 Å². The number of hydrogen-bond acceptors (Lipinski definition) is 3. The minimum Gasteiger partial charge on any atom is -0.369 e. The van der Waals surface area contributed by atoms with Gasteiger partial charge in [-0.2, -0.15) is 0 Å². The van der Waals surface area contributed by atoms with Crippen LogP contribution in [-0.2, 0) is 0 Å². The fraction of sp³-hybridized carbons (Fsp3) is 0.625. The van der Waals surface area contributed by atoms with Gasteiger partial charge in [-0.1, -0.05) is 6.42 Å². The smallest absolute Gasteiger partial charge is 0.123 e. The molecule has 1 aromatic rings. The Kier molecular flexibility index (Phi) is 4.53. The van der Waals surface area contributed by atoms with E-state index in [0.29, 0.717) is 6.04 Å². The zero-order chi connectivity index (χ0) is 13.8. The molecule has 0 aliphatic carbocycles. The summed E-state index contributed by atoms with van der Waals surface area (Å²) in [5.41, 5.74) is 1.14. The zero-order valence-corrected chi connectivity index (χ0v) is 12.0. The lowest BCUT2D eigenvalue weighted by molar-refractivity contribution is 0.177. The number of hydrogen-bond donors (Lipinski definition) is 1. The van der Waals surface area contributed by atoms with E-state index in [1.54, 1.807) is 12.1 Å². The second-order valence-corrected chi connectivity index (χ2v) is 5.85. The molecule has 1 atom stereocenters. The molecule has 1 N–H and O–H groups in total. The van der Waals surface area contributed by atoms with Crippen LogP contribution in [-0.4, -0.2) is 50.2 Å². The van der Waals surface area contributed by atoms with Crippen molar-refractivity contribution in [1.82, 2.24) is 10.2 Å². The van der Waals surface area contributed by atoms with Crippen molar-refractivity contribution in [3.05, 3.63) is 30.1 Å².